The summed E-state index contributed by atoms with van der Waals surface area (Å²) in [7, 11) is 0. The summed E-state index contributed by atoms with van der Waals surface area (Å²) in [6.45, 7) is 2.21. The normalized spacial score (nSPS) is 10.8. The lowest BCUT2D eigenvalue weighted by molar-refractivity contribution is 0.828. The second-order valence-corrected chi connectivity index (χ2v) is 6.52. The molecule has 0 N–H and O–H groups in total. The minimum Gasteiger partial charge on any atom is -0.297 e. The molecule has 0 atom stereocenters. The SMILES string of the molecule is CCCCC#C[B-](c1ccccc1)(c1ccccc1)c1ccccc1. The summed E-state index contributed by atoms with van der Waals surface area (Å²) in [6, 6.07) is 32.2. The van der Waals surface area contributed by atoms with Crippen molar-refractivity contribution in [2.45, 2.75) is 26.2 Å². The summed E-state index contributed by atoms with van der Waals surface area (Å²) < 4.78 is 0. The average molecular weight is 323 g/mol. The van der Waals surface area contributed by atoms with Gasteiger partial charge in [0.1, 0.15) is 6.15 Å². The molecule has 1 heteroatoms. The molecule has 0 radical (unpaired) electrons. The fourth-order valence-electron chi connectivity index (χ4n) is 3.54. The van der Waals surface area contributed by atoms with Gasteiger partial charge >= 0.3 is 0 Å². The van der Waals surface area contributed by atoms with Crippen molar-refractivity contribution in [1.29, 1.82) is 0 Å². The molecule has 0 aliphatic heterocycles. The van der Waals surface area contributed by atoms with Crippen LogP contribution in [0.3, 0.4) is 0 Å². The van der Waals surface area contributed by atoms with E-state index in [1.54, 1.807) is 0 Å². The zero-order valence-electron chi connectivity index (χ0n) is 14.9. The number of benzene rings is 3. The van der Waals surface area contributed by atoms with Gasteiger partial charge in [-0.15, -0.1) is 5.92 Å². The maximum Gasteiger partial charge on any atom is 0.149 e. The average Bonchev–Trinajstić information content (AvgIpc) is 2.70. The van der Waals surface area contributed by atoms with Crippen molar-refractivity contribution in [1.82, 2.24) is 0 Å². The Morgan fingerprint density at radius 1 is 0.640 bits per heavy atom. The van der Waals surface area contributed by atoms with Crippen molar-refractivity contribution in [2.75, 3.05) is 0 Å². The molecule has 0 fully saturated rings. The Kier molecular flexibility index (Phi) is 5.75. The number of unbranched alkanes of at least 4 members (excludes halogenated alkanes) is 2. The molecule has 0 unspecified atom stereocenters. The van der Waals surface area contributed by atoms with Crippen molar-refractivity contribution in [3.8, 4) is 11.7 Å². The molecule has 3 aromatic carbocycles. The Balaban J connectivity index is 2.25. The second kappa shape index (κ2) is 8.40. The maximum atomic E-state index is 3.73. The van der Waals surface area contributed by atoms with Crippen molar-refractivity contribution in [3.05, 3.63) is 91.0 Å². The van der Waals surface area contributed by atoms with Gasteiger partial charge in [-0.1, -0.05) is 104 Å². The first-order valence-corrected chi connectivity index (χ1v) is 9.20. The van der Waals surface area contributed by atoms with Crippen LogP contribution in [-0.4, -0.2) is 6.15 Å². The summed E-state index contributed by atoms with van der Waals surface area (Å²) >= 11 is 0. The lowest BCUT2D eigenvalue weighted by Gasteiger charge is -2.38. The van der Waals surface area contributed by atoms with Crippen LogP contribution in [-0.2, 0) is 0 Å². The summed E-state index contributed by atoms with van der Waals surface area (Å²) in [4.78, 5) is 0. The van der Waals surface area contributed by atoms with E-state index in [2.05, 4.69) is 110 Å². The van der Waals surface area contributed by atoms with E-state index in [-0.39, 0.29) is 0 Å². The van der Waals surface area contributed by atoms with Gasteiger partial charge in [-0.2, -0.15) is 16.4 Å². The van der Waals surface area contributed by atoms with Gasteiger partial charge in [0.2, 0.25) is 0 Å². The first-order chi connectivity index (χ1) is 12.4. The van der Waals surface area contributed by atoms with Crippen LogP contribution in [0.15, 0.2) is 91.0 Å². The molecule has 0 heterocycles. The quantitative estimate of drug-likeness (QED) is 0.380. The van der Waals surface area contributed by atoms with Gasteiger partial charge in [0.05, 0.1) is 0 Å². The van der Waals surface area contributed by atoms with Gasteiger partial charge in [0.25, 0.3) is 0 Å². The molecular formula is C24H24B-. The highest BCUT2D eigenvalue weighted by molar-refractivity contribution is 7.16. The highest BCUT2D eigenvalue weighted by Crippen LogP contribution is 2.07. The zero-order chi connectivity index (χ0) is 17.4. The van der Waals surface area contributed by atoms with Gasteiger partial charge in [-0.05, 0) is 6.42 Å². The van der Waals surface area contributed by atoms with E-state index in [9.17, 15) is 0 Å². The van der Waals surface area contributed by atoms with E-state index < -0.39 is 6.15 Å². The monoisotopic (exact) mass is 323 g/mol. The van der Waals surface area contributed by atoms with Crippen LogP contribution in [0, 0.1) is 11.7 Å². The largest absolute Gasteiger partial charge is 0.297 e. The standard InChI is InChI=1S/C24H24B/c1-2-3-4-14-21-25(22-15-8-5-9-16-22,23-17-10-6-11-18-23)24-19-12-7-13-20-24/h5-13,15-20H,2-4H2,1H3/q-1. The van der Waals surface area contributed by atoms with Crippen molar-refractivity contribution in [2.24, 2.45) is 0 Å². The predicted molar refractivity (Wildman–Crippen MR) is 111 cm³/mol. The Bertz CT molecular complexity index is 730. The highest BCUT2D eigenvalue weighted by atomic mass is 14.0. The van der Waals surface area contributed by atoms with Crippen LogP contribution in [0.1, 0.15) is 26.2 Å². The first kappa shape index (κ1) is 17.1. The Morgan fingerprint density at radius 2 is 1.04 bits per heavy atom. The van der Waals surface area contributed by atoms with Gasteiger partial charge in [0.15, 0.2) is 0 Å². The van der Waals surface area contributed by atoms with Gasteiger partial charge in [0, 0.05) is 6.42 Å². The van der Waals surface area contributed by atoms with Crippen molar-refractivity contribution < 1.29 is 0 Å². The lowest BCUT2D eigenvalue weighted by Crippen LogP contribution is -2.66. The van der Waals surface area contributed by atoms with E-state index >= 15 is 0 Å². The second-order valence-electron chi connectivity index (χ2n) is 6.52. The van der Waals surface area contributed by atoms with Crippen molar-refractivity contribution in [3.63, 3.8) is 0 Å². The number of hydrogen-bond acceptors (Lipinski definition) is 0. The fraction of sp³-hybridized carbons (Fsp3) is 0.167. The fourth-order valence-corrected chi connectivity index (χ4v) is 3.54. The minimum absolute atomic E-state index is 0.951. The minimum atomic E-state index is -1.29. The molecule has 0 aliphatic carbocycles. The molecule has 3 rings (SSSR count). The van der Waals surface area contributed by atoms with E-state index in [4.69, 9.17) is 0 Å². The number of hydrogen-bond donors (Lipinski definition) is 0. The molecule has 0 aromatic heterocycles. The zero-order valence-corrected chi connectivity index (χ0v) is 14.9. The predicted octanol–water partition coefficient (Wildman–Crippen LogP) is 3.89. The lowest BCUT2D eigenvalue weighted by atomic mass is 9.16. The third-order valence-corrected chi connectivity index (χ3v) is 4.87. The van der Waals surface area contributed by atoms with Crippen LogP contribution in [0.4, 0.5) is 0 Å². The Labute approximate surface area is 151 Å². The summed E-state index contributed by atoms with van der Waals surface area (Å²) in [6.07, 6.45) is 1.99. The van der Waals surface area contributed by atoms with E-state index in [0.29, 0.717) is 0 Å². The molecule has 0 nitrogen and oxygen atoms in total. The molecule has 0 spiro atoms. The molecule has 3 aromatic rings. The molecule has 124 valence electrons. The van der Waals surface area contributed by atoms with Gasteiger partial charge in [-0.3, -0.25) is 5.82 Å². The number of rotatable bonds is 5. The Hall–Kier alpha value is -2.72. The van der Waals surface area contributed by atoms with Crippen LogP contribution < -0.4 is 16.4 Å². The Morgan fingerprint density at radius 3 is 1.40 bits per heavy atom. The molecule has 25 heavy (non-hydrogen) atoms. The highest BCUT2D eigenvalue weighted by Gasteiger charge is 2.27. The van der Waals surface area contributed by atoms with E-state index in [0.717, 1.165) is 12.8 Å². The summed E-state index contributed by atoms with van der Waals surface area (Å²) in [5.41, 5.74) is 3.84. The summed E-state index contributed by atoms with van der Waals surface area (Å²) in [5, 5.41) is 0. The topological polar surface area (TPSA) is 0 Å². The maximum absolute atomic E-state index is 3.73. The van der Waals surface area contributed by atoms with Crippen LogP contribution in [0.5, 0.6) is 0 Å². The molecule has 0 amide bonds. The van der Waals surface area contributed by atoms with Crippen LogP contribution >= 0.6 is 0 Å². The van der Waals surface area contributed by atoms with Gasteiger partial charge in [-0.25, -0.2) is 0 Å². The van der Waals surface area contributed by atoms with E-state index in [1.165, 1.54) is 22.8 Å². The first-order valence-electron chi connectivity index (χ1n) is 9.20. The molecule has 0 aliphatic rings. The van der Waals surface area contributed by atoms with Crippen LogP contribution in [0.25, 0.3) is 0 Å². The smallest absolute Gasteiger partial charge is 0.149 e. The van der Waals surface area contributed by atoms with Crippen molar-refractivity contribution >= 4 is 22.5 Å². The molecule has 0 saturated heterocycles. The molecule has 0 saturated carbocycles. The van der Waals surface area contributed by atoms with Gasteiger partial charge < -0.3 is 0 Å². The third kappa shape index (κ3) is 3.70. The molecule has 0 bridgehead atoms. The van der Waals surface area contributed by atoms with E-state index in [1.807, 2.05) is 0 Å². The summed E-state index contributed by atoms with van der Waals surface area (Å²) in [5.74, 6) is 7.23. The molecular weight excluding hydrogens is 299 g/mol. The third-order valence-electron chi connectivity index (χ3n) is 4.87. The van der Waals surface area contributed by atoms with Crippen LogP contribution in [0.2, 0.25) is 0 Å².